The number of halogens is 2. The van der Waals surface area contributed by atoms with Gasteiger partial charge in [-0.1, -0.05) is 5.21 Å². The van der Waals surface area contributed by atoms with Gasteiger partial charge in [0.15, 0.2) is 12.0 Å². The molecule has 1 rings (SSSR count). The van der Waals surface area contributed by atoms with E-state index in [0.29, 0.717) is 6.29 Å². The van der Waals surface area contributed by atoms with Gasteiger partial charge in [-0.25, -0.2) is 13.5 Å². The lowest BCUT2D eigenvalue weighted by atomic mass is 10.2. The molecule has 0 aromatic carbocycles. The maximum atomic E-state index is 12.2. The van der Waals surface area contributed by atoms with Gasteiger partial charge in [-0.3, -0.25) is 4.79 Å². The van der Waals surface area contributed by atoms with Crippen molar-refractivity contribution in [2.45, 2.75) is 26.0 Å². The molecule has 0 bridgehead atoms. The van der Waals surface area contributed by atoms with Crippen molar-refractivity contribution in [1.82, 2.24) is 15.0 Å². The third kappa shape index (κ3) is 2.56. The Morgan fingerprint density at radius 1 is 1.60 bits per heavy atom. The molecule has 0 spiro atoms. The molecule has 0 radical (unpaired) electrons. The van der Waals surface area contributed by atoms with E-state index in [1.807, 2.05) is 0 Å². The number of rotatable bonds is 5. The largest absolute Gasteiger partial charge is 0.375 e. The van der Waals surface area contributed by atoms with Crippen LogP contribution in [0.3, 0.4) is 0 Å². The SMILES string of the molecule is COC(C)c1c(C=O)nnn1CC(F)F. The second-order valence-corrected chi connectivity index (χ2v) is 2.93. The van der Waals surface area contributed by atoms with Crippen LogP contribution in [0, 0.1) is 0 Å². The van der Waals surface area contributed by atoms with E-state index in [-0.39, 0.29) is 11.4 Å². The molecule has 0 N–H and O–H groups in total. The molecule has 0 aliphatic carbocycles. The van der Waals surface area contributed by atoms with Crippen molar-refractivity contribution in [3.8, 4) is 0 Å². The van der Waals surface area contributed by atoms with Gasteiger partial charge in [0.05, 0.1) is 11.8 Å². The zero-order valence-electron chi connectivity index (χ0n) is 8.35. The quantitative estimate of drug-likeness (QED) is 0.695. The number of carbonyl (C=O) groups is 1. The predicted octanol–water partition coefficient (Wildman–Crippen LogP) is 1.06. The standard InChI is InChI=1S/C8H11F2N3O2/c1-5(15-2)8-6(4-14)11-12-13(8)3-7(9)10/h4-5,7H,3H2,1-2H3. The van der Waals surface area contributed by atoms with Gasteiger partial charge in [0.2, 0.25) is 0 Å². The zero-order valence-corrected chi connectivity index (χ0v) is 8.35. The van der Waals surface area contributed by atoms with Gasteiger partial charge in [0, 0.05) is 7.11 Å². The summed E-state index contributed by atoms with van der Waals surface area (Å²) in [6.45, 7) is 1.04. The van der Waals surface area contributed by atoms with E-state index in [4.69, 9.17) is 4.74 Å². The maximum absolute atomic E-state index is 12.2. The van der Waals surface area contributed by atoms with Crippen LogP contribution in [-0.2, 0) is 11.3 Å². The van der Waals surface area contributed by atoms with Crippen LogP contribution in [0.5, 0.6) is 0 Å². The van der Waals surface area contributed by atoms with Crippen molar-refractivity contribution in [3.05, 3.63) is 11.4 Å². The number of alkyl halides is 2. The molecule has 1 aromatic heterocycles. The lowest BCUT2D eigenvalue weighted by molar-refractivity contribution is 0.0921. The summed E-state index contributed by atoms with van der Waals surface area (Å²) in [5.41, 5.74) is 0.304. The summed E-state index contributed by atoms with van der Waals surface area (Å²) in [6, 6.07) is 0. The first-order valence-electron chi connectivity index (χ1n) is 4.29. The molecular weight excluding hydrogens is 208 g/mol. The molecule has 1 unspecified atom stereocenters. The summed E-state index contributed by atoms with van der Waals surface area (Å²) >= 11 is 0. The Kier molecular flexibility index (Phi) is 3.84. The minimum absolute atomic E-state index is 0.0324. The second kappa shape index (κ2) is 4.92. The van der Waals surface area contributed by atoms with E-state index < -0.39 is 19.1 Å². The lowest BCUT2D eigenvalue weighted by Crippen LogP contribution is -2.14. The minimum Gasteiger partial charge on any atom is -0.375 e. The van der Waals surface area contributed by atoms with E-state index in [1.54, 1.807) is 6.92 Å². The number of ether oxygens (including phenoxy) is 1. The molecule has 7 heteroatoms. The van der Waals surface area contributed by atoms with Crippen molar-refractivity contribution in [1.29, 1.82) is 0 Å². The first kappa shape index (κ1) is 11.7. The molecule has 84 valence electrons. The molecule has 0 amide bonds. The Morgan fingerprint density at radius 2 is 2.27 bits per heavy atom. The van der Waals surface area contributed by atoms with Crippen LogP contribution in [0.15, 0.2) is 0 Å². The molecule has 0 saturated carbocycles. The van der Waals surface area contributed by atoms with Gasteiger partial charge in [-0.05, 0) is 6.92 Å². The maximum Gasteiger partial charge on any atom is 0.257 e. The Hall–Kier alpha value is -1.37. The van der Waals surface area contributed by atoms with Crippen LogP contribution in [0.2, 0.25) is 0 Å². The average molecular weight is 219 g/mol. The van der Waals surface area contributed by atoms with E-state index >= 15 is 0 Å². The van der Waals surface area contributed by atoms with Gasteiger partial charge < -0.3 is 4.74 Å². The fourth-order valence-corrected chi connectivity index (χ4v) is 1.21. The molecular formula is C8H11F2N3O2. The molecule has 1 heterocycles. The summed E-state index contributed by atoms with van der Waals surface area (Å²) in [5, 5.41) is 6.96. The zero-order chi connectivity index (χ0) is 11.4. The van der Waals surface area contributed by atoms with Crippen LogP contribution < -0.4 is 0 Å². The van der Waals surface area contributed by atoms with Crippen LogP contribution in [0.4, 0.5) is 8.78 Å². The van der Waals surface area contributed by atoms with Crippen LogP contribution in [-0.4, -0.2) is 34.8 Å². The van der Waals surface area contributed by atoms with E-state index in [0.717, 1.165) is 4.68 Å². The van der Waals surface area contributed by atoms with Crippen LogP contribution >= 0.6 is 0 Å². The van der Waals surface area contributed by atoms with Crippen molar-refractivity contribution in [3.63, 3.8) is 0 Å². The van der Waals surface area contributed by atoms with Crippen molar-refractivity contribution in [2.75, 3.05) is 7.11 Å². The Labute approximate surface area is 85.0 Å². The van der Waals surface area contributed by atoms with Crippen LogP contribution in [0.25, 0.3) is 0 Å². The normalized spacial score (nSPS) is 13.1. The fraction of sp³-hybridized carbons (Fsp3) is 0.625. The Bertz CT molecular complexity index is 341. The van der Waals surface area contributed by atoms with E-state index in [9.17, 15) is 13.6 Å². The molecule has 0 saturated heterocycles. The lowest BCUT2D eigenvalue weighted by Gasteiger charge is -2.11. The highest BCUT2D eigenvalue weighted by atomic mass is 19.3. The summed E-state index contributed by atoms with van der Waals surface area (Å²) < 4.78 is 30.3. The highest BCUT2D eigenvalue weighted by molar-refractivity contribution is 5.73. The molecule has 5 nitrogen and oxygen atoms in total. The monoisotopic (exact) mass is 219 g/mol. The predicted molar refractivity (Wildman–Crippen MR) is 46.8 cm³/mol. The fourth-order valence-electron chi connectivity index (χ4n) is 1.21. The topological polar surface area (TPSA) is 57.0 Å². The number of aldehydes is 1. The smallest absolute Gasteiger partial charge is 0.257 e. The van der Waals surface area contributed by atoms with Gasteiger partial charge in [0.25, 0.3) is 6.43 Å². The minimum atomic E-state index is -2.55. The van der Waals surface area contributed by atoms with Gasteiger partial charge >= 0.3 is 0 Å². The molecule has 0 aliphatic rings. The van der Waals surface area contributed by atoms with Crippen molar-refractivity contribution < 1.29 is 18.3 Å². The Morgan fingerprint density at radius 3 is 2.73 bits per heavy atom. The van der Waals surface area contributed by atoms with E-state index in [2.05, 4.69) is 10.3 Å². The first-order valence-corrected chi connectivity index (χ1v) is 4.29. The third-order valence-electron chi connectivity index (χ3n) is 1.96. The number of hydrogen-bond acceptors (Lipinski definition) is 4. The molecule has 0 fully saturated rings. The highest BCUT2D eigenvalue weighted by Crippen LogP contribution is 2.18. The Balaban J connectivity index is 3.05. The van der Waals surface area contributed by atoms with Crippen LogP contribution in [0.1, 0.15) is 29.2 Å². The number of aromatic nitrogens is 3. The number of methoxy groups -OCH3 is 1. The molecule has 1 aromatic rings. The van der Waals surface area contributed by atoms with Crippen molar-refractivity contribution in [2.24, 2.45) is 0 Å². The number of nitrogens with zero attached hydrogens (tertiary/aromatic N) is 3. The van der Waals surface area contributed by atoms with Crippen molar-refractivity contribution >= 4 is 6.29 Å². The molecule has 0 aliphatic heterocycles. The number of hydrogen-bond donors (Lipinski definition) is 0. The van der Waals surface area contributed by atoms with Gasteiger partial charge in [-0.2, -0.15) is 0 Å². The summed E-state index contributed by atoms with van der Waals surface area (Å²) in [4.78, 5) is 10.6. The third-order valence-corrected chi connectivity index (χ3v) is 1.96. The van der Waals surface area contributed by atoms with Gasteiger partial charge in [0.1, 0.15) is 6.54 Å². The molecule has 15 heavy (non-hydrogen) atoms. The molecule has 1 atom stereocenters. The van der Waals surface area contributed by atoms with Gasteiger partial charge in [-0.15, -0.1) is 5.10 Å². The average Bonchev–Trinajstić information content (AvgIpc) is 2.58. The first-order chi connectivity index (χ1) is 7.10. The summed E-state index contributed by atoms with van der Waals surface area (Å²) in [7, 11) is 1.42. The highest BCUT2D eigenvalue weighted by Gasteiger charge is 2.20. The summed E-state index contributed by atoms with van der Waals surface area (Å²) in [5.74, 6) is 0. The van der Waals surface area contributed by atoms with E-state index in [1.165, 1.54) is 7.11 Å². The second-order valence-electron chi connectivity index (χ2n) is 2.93. The number of carbonyl (C=O) groups excluding carboxylic acids is 1. The summed E-state index contributed by atoms with van der Waals surface area (Å²) in [6.07, 6.45) is -2.58.